The van der Waals surface area contributed by atoms with Gasteiger partial charge in [0.2, 0.25) is 0 Å². The largest absolute Gasteiger partial charge is 0.469 e. The number of esters is 1. The van der Waals surface area contributed by atoms with Gasteiger partial charge < -0.3 is 9.64 Å². The van der Waals surface area contributed by atoms with Gasteiger partial charge in [-0.2, -0.15) is 0 Å². The van der Waals surface area contributed by atoms with E-state index in [9.17, 15) is 4.79 Å². The maximum atomic E-state index is 11.2. The highest BCUT2D eigenvalue weighted by molar-refractivity contribution is 7.09. The average molecular weight is 254 g/mol. The molecule has 2 heterocycles. The molecule has 1 aliphatic rings. The highest BCUT2D eigenvalue weighted by Gasteiger charge is 2.21. The lowest BCUT2D eigenvalue weighted by Gasteiger charge is -2.28. The highest BCUT2D eigenvalue weighted by Crippen LogP contribution is 2.28. The second kappa shape index (κ2) is 5.60. The number of likely N-dealkylation sites (tertiary alicyclic amines) is 1. The summed E-state index contributed by atoms with van der Waals surface area (Å²) in [5.74, 6) is 0.313. The van der Waals surface area contributed by atoms with Gasteiger partial charge in [0, 0.05) is 17.8 Å². The predicted molar refractivity (Wildman–Crippen MR) is 67.3 cm³/mol. The predicted octanol–water partition coefficient (Wildman–Crippen LogP) is 1.67. The molecule has 0 saturated carbocycles. The van der Waals surface area contributed by atoms with Crippen molar-refractivity contribution in [2.45, 2.75) is 25.2 Å². The maximum Gasteiger partial charge on any atom is 0.311 e. The zero-order valence-electron chi connectivity index (χ0n) is 10.3. The maximum absolute atomic E-state index is 11.2. The minimum atomic E-state index is -0.220. The van der Waals surface area contributed by atoms with E-state index >= 15 is 0 Å². The van der Waals surface area contributed by atoms with Crippen LogP contribution < -0.4 is 0 Å². The molecule has 0 radical (unpaired) electrons. The van der Waals surface area contributed by atoms with Crippen molar-refractivity contribution in [1.82, 2.24) is 9.88 Å². The number of hydrogen-bond donors (Lipinski definition) is 0. The van der Waals surface area contributed by atoms with E-state index in [4.69, 9.17) is 0 Å². The topological polar surface area (TPSA) is 42.4 Å². The minimum Gasteiger partial charge on any atom is -0.469 e. The van der Waals surface area contributed by atoms with E-state index in [0.717, 1.165) is 17.2 Å². The summed E-state index contributed by atoms with van der Waals surface area (Å²) >= 11 is 1.67. The Kier molecular flexibility index (Phi) is 4.12. The van der Waals surface area contributed by atoms with Crippen molar-refractivity contribution in [2.75, 3.05) is 27.2 Å². The summed E-state index contributed by atoms with van der Waals surface area (Å²) in [6, 6.07) is 0. The first-order chi connectivity index (χ1) is 8.19. The summed E-state index contributed by atoms with van der Waals surface area (Å²) in [7, 11) is 3.56. The molecule has 2 rings (SSSR count). The zero-order chi connectivity index (χ0) is 12.3. The number of likely N-dealkylation sites (N-methyl/N-ethyl adjacent to an activating group) is 1. The van der Waals surface area contributed by atoms with Gasteiger partial charge >= 0.3 is 5.97 Å². The number of thiazole rings is 1. The molecular formula is C12H18N2O2S. The summed E-state index contributed by atoms with van der Waals surface area (Å²) in [6.07, 6.45) is 2.72. The van der Waals surface area contributed by atoms with Crippen molar-refractivity contribution < 1.29 is 9.53 Å². The molecular weight excluding hydrogens is 236 g/mol. The first-order valence-electron chi connectivity index (χ1n) is 5.88. The molecule has 1 saturated heterocycles. The molecule has 1 aromatic heterocycles. The zero-order valence-corrected chi connectivity index (χ0v) is 11.1. The number of methoxy groups -OCH3 is 1. The molecule has 0 spiro atoms. The lowest BCUT2D eigenvalue weighted by atomic mass is 9.99. The summed E-state index contributed by atoms with van der Waals surface area (Å²) in [5, 5.41) is 3.14. The van der Waals surface area contributed by atoms with Crippen LogP contribution in [-0.2, 0) is 16.0 Å². The first-order valence-corrected chi connectivity index (χ1v) is 6.76. The second-order valence-electron chi connectivity index (χ2n) is 4.53. The molecule has 0 N–H and O–H groups in total. The van der Waals surface area contributed by atoms with Crippen molar-refractivity contribution in [3.8, 4) is 0 Å². The van der Waals surface area contributed by atoms with Gasteiger partial charge in [-0.05, 0) is 26.4 Å². The minimum absolute atomic E-state index is 0.220. The van der Waals surface area contributed by atoms with E-state index in [1.807, 2.05) is 5.38 Å². The molecule has 1 atom stereocenters. The number of piperidine rings is 1. The van der Waals surface area contributed by atoms with Crippen LogP contribution in [0.1, 0.15) is 29.5 Å². The molecule has 0 aromatic carbocycles. The Bertz CT molecular complexity index is 392. The first kappa shape index (κ1) is 12.5. The van der Waals surface area contributed by atoms with Crippen molar-refractivity contribution in [3.05, 3.63) is 16.1 Å². The van der Waals surface area contributed by atoms with Crippen LogP contribution >= 0.6 is 11.3 Å². The van der Waals surface area contributed by atoms with Crippen LogP contribution in [0, 0.1) is 0 Å². The molecule has 0 aliphatic carbocycles. The second-order valence-corrected chi connectivity index (χ2v) is 5.42. The number of carbonyl (C=O) groups excluding carboxylic acids is 1. The molecule has 4 nitrogen and oxygen atoms in total. The average Bonchev–Trinajstić information content (AvgIpc) is 2.77. The number of nitrogens with zero attached hydrogens (tertiary/aromatic N) is 2. The fourth-order valence-corrected chi connectivity index (χ4v) is 3.13. The van der Waals surface area contributed by atoms with Gasteiger partial charge in [-0.3, -0.25) is 4.79 Å². The third-order valence-corrected chi connectivity index (χ3v) is 4.15. The summed E-state index contributed by atoms with van der Waals surface area (Å²) in [4.78, 5) is 18.0. The van der Waals surface area contributed by atoms with Gasteiger partial charge in [-0.25, -0.2) is 4.98 Å². The number of rotatable bonds is 3. The molecule has 1 unspecified atom stereocenters. The van der Waals surface area contributed by atoms with Crippen molar-refractivity contribution in [2.24, 2.45) is 0 Å². The fraction of sp³-hybridized carbons (Fsp3) is 0.667. The Labute approximate surface area is 106 Å². The van der Waals surface area contributed by atoms with Crippen LogP contribution in [-0.4, -0.2) is 43.1 Å². The van der Waals surface area contributed by atoms with Gasteiger partial charge in [-0.15, -0.1) is 11.3 Å². The molecule has 0 bridgehead atoms. The Hall–Kier alpha value is -0.940. The van der Waals surface area contributed by atoms with E-state index in [0.29, 0.717) is 5.92 Å². The van der Waals surface area contributed by atoms with Crippen LogP contribution in [0.3, 0.4) is 0 Å². The molecule has 94 valence electrons. The summed E-state index contributed by atoms with van der Waals surface area (Å²) < 4.78 is 4.64. The molecule has 1 aromatic rings. The molecule has 17 heavy (non-hydrogen) atoms. The standard InChI is InChI=1S/C12H18N2O2S/c1-14-5-3-4-9(7-14)12-13-10(8-17-12)6-11(15)16-2/h8-9H,3-7H2,1-2H3. The highest BCUT2D eigenvalue weighted by atomic mass is 32.1. The van der Waals surface area contributed by atoms with Crippen LogP contribution in [0.5, 0.6) is 0 Å². The van der Waals surface area contributed by atoms with Crippen LogP contribution in [0.25, 0.3) is 0 Å². The van der Waals surface area contributed by atoms with E-state index in [1.165, 1.54) is 26.5 Å². The summed E-state index contributed by atoms with van der Waals surface area (Å²) in [5.41, 5.74) is 0.838. The van der Waals surface area contributed by atoms with E-state index in [1.54, 1.807) is 11.3 Å². The molecule has 5 heteroatoms. The number of aromatic nitrogens is 1. The lowest BCUT2D eigenvalue weighted by molar-refractivity contribution is -0.139. The quantitative estimate of drug-likeness (QED) is 0.770. The fourth-order valence-electron chi connectivity index (χ4n) is 2.18. The third-order valence-electron chi connectivity index (χ3n) is 3.10. The van der Waals surface area contributed by atoms with E-state index in [-0.39, 0.29) is 12.4 Å². The van der Waals surface area contributed by atoms with Gasteiger partial charge in [0.15, 0.2) is 0 Å². The number of hydrogen-bond acceptors (Lipinski definition) is 5. The number of carbonyl (C=O) groups is 1. The SMILES string of the molecule is COC(=O)Cc1csc(C2CCCN(C)C2)n1. The Morgan fingerprint density at radius 1 is 1.71 bits per heavy atom. The smallest absolute Gasteiger partial charge is 0.311 e. The molecule has 1 fully saturated rings. The summed E-state index contributed by atoms with van der Waals surface area (Å²) in [6.45, 7) is 2.25. The Morgan fingerprint density at radius 3 is 3.24 bits per heavy atom. The number of ether oxygens (including phenoxy) is 1. The molecule has 1 aliphatic heterocycles. The van der Waals surface area contributed by atoms with Crippen molar-refractivity contribution in [1.29, 1.82) is 0 Å². The van der Waals surface area contributed by atoms with Crippen molar-refractivity contribution in [3.63, 3.8) is 0 Å². The van der Waals surface area contributed by atoms with Gasteiger partial charge in [0.1, 0.15) is 0 Å². The van der Waals surface area contributed by atoms with E-state index < -0.39 is 0 Å². The van der Waals surface area contributed by atoms with Gasteiger partial charge in [-0.1, -0.05) is 0 Å². The van der Waals surface area contributed by atoms with Crippen LogP contribution in [0.4, 0.5) is 0 Å². The molecule has 0 amide bonds. The monoisotopic (exact) mass is 254 g/mol. The lowest BCUT2D eigenvalue weighted by Crippen LogP contribution is -2.30. The van der Waals surface area contributed by atoms with Gasteiger partial charge in [0.25, 0.3) is 0 Å². The van der Waals surface area contributed by atoms with E-state index in [2.05, 4.69) is 21.7 Å². The Balaban J connectivity index is 1.99. The Morgan fingerprint density at radius 2 is 2.53 bits per heavy atom. The van der Waals surface area contributed by atoms with Crippen LogP contribution in [0.2, 0.25) is 0 Å². The normalized spacial score (nSPS) is 21.4. The van der Waals surface area contributed by atoms with Crippen LogP contribution in [0.15, 0.2) is 5.38 Å². The van der Waals surface area contributed by atoms with Crippen molar-refractivity contribution >= 4 is 17.3 Å². The van der Waals surface area contributed by atoms with Gasteiger partial charge in [0.05, 0.1) is 24.2 Å². The third kappa shape index (κ3) is 3.26.